The number of hydrogen-bond acceptors (Lipinski definition) is 6. The molecule has 130 valence electrons. The van der Waals surface area contributed by atoms with Crippen molar-refractivity contribution in [2.75, 3.05) is 37.6 Å². The van der Waals surface area contributed by atoms with E-state index in [1.165, 1.54) is 11.3 Å². The van der Waals surface area contributed by atoms with Crippen LogP contribution in [0.15, 0.2) is 42.4 Å². The van der Waals surface area contributed by atoms with E-state index in [4.69, 9.17) is 0 Å². The van der Waals surface area contributed by atoms with Crippen LogP contribution in [0.25, 0.3) is 0 Å². The topological polar surface area (TPSA) is 78.4 Å². The SMILES string of the molecule is C=CCNC(=O)c1nc(C(=O)N2CCN(c3ccccn3)CC2)cs1. The van der Waals surface area contributed by atoms with Gasteiger partial charge in [-0.05, 0) is 12.1 Å². The number of nitrogens with one attached hydrogen (secondary N) is 1. The number of carbonyl (C=O) groups excluding carboxylic acids is 2. The lowest BCUT2D eigenvalue weighted by atomic mass is 10.3. The normalized spacial score (nSPS) is 14.2. The molecule has 0 bridgehead atoms. The summed E-state index contributed by atoms with van der Waals surface area (Å²) < 4.78 is 0. The van der Waals surface area contributed by atoms with Gasteiger partial charge in [0.15, 0.2) is 5.01 Å². The maximum Gasteiger partial charge on any atom is 0.280 e. The highest BCUT2D eigenvalue weighted by Gasteiger charge is 2.25. The molecule has 0 aliphatic carbocycles. The largest absolute Gasteiger partial charge is 0.353 e. The molecular formula is C17H19N5O2S. The Morgan fingerprint density at radius 2 is 2.08 bits per heavy atom. The van der Waals surface area contributed by atoms with Gasteiger partial charge in [-0.15, -0.1) is 17.9 Å². The van der Waals surface area contributed by atoms with Crippen molar-refractivity contribution in [1.29, 1.82) is 0 Å². The van der Waals surface area contributed by atoms with Crippen LogP contribution in [0.4, 0.5) is 5.82 Å². The number of rotatable bonds is 5. The molecule has 1 N–H and O–H groups in total. The van der Waals surface area contributed by atoms with Gasteiger partial charge < -0.3 is 15.1 Å². The minimum absolute atomic E-state index is 0.139. The Kier molecular flexibility index (Phi) is 5.39. The molecule has 0 aromatic carbocycles. The second-order valence-corrected chi connectivity index (χ2v) is 6.36. The molecule has 0 spiro atoms. The molecule has 8 heteroatoms. The van der Waals surface area contributed by atoms with Crippen LogP contribution in [0.3, 0.4) is 0 Å². The summed E-state index contributed by atoms with van der Waals surface area (Å²) in [5.74, 6) is 0.494. The minimum atomic E-state index is -0.288. The molecule has 2 amide bonds. The summed E-state index contributed by atoms with van der Waals surface area (Å²) in [6.07, 6.45) is 3.36. The highest BCUT2D eigenvalue weighted by atomic mass is 32.1. The van der Waals surface area contributed by atoms with E-state index < -0.39 is 0 Å². The van der Waals surface area contributed by atoms with Crippen molar-refractivity contribution < 1.29 is 9.59 Å². The van der Waals surface area contributed by atoms with Gasteiger partial charge in [0, 0.05) is 44.3 Å². The maximum absolute atomic E-state index is 12.6. The van der Waals surface area contributed by atoms with Crippen molar-refractivity contribution in [3.63, 3.8) is 0 Å². The van der Waals surface area contributed by atoms with Crippen LogP contribution in [0.5, 0.6) is 0 Å². The Hall–Kier alpha value is -2.74. The highest BCUT2D eigenvalue weighted by molar-refractivity contribution is 7.11. The quantitative estimate of drug-likeness (QED) is 0.819. The first kappa shape index (κ1) is 17.1. The molecule has 0 atom stereocenters. The van der Waals surface area contributed by atoms with Crippen LogP contribution in [0.2, 0.25) is 0 Å². The van der Waals surface area contributed by atoms with Crippen molar-refractivity contribution in [2.45, 2.75) is 0 Å². The summed E-state index contributed by atoms with van der Waals surface area (Å²) in [5.41, 5.74) is 0.319. The van der Waals surface area contributed by atoms with Gasteiger partial charge in [0.1, 0.15) is 11.5 Å². The van der Waals surface area contributed by atoms with Gasteiger partial charge in [0.05, 0.1) is 0 Å². The predicted molar refractivity (Wildman–Crippen MR) is 97.0 cm³/mol. The summed E-state index contributed by atoms with van der Waals surface area (Å²) in [4.78, 5) is 36.9. The molecule has 2 aromatic heterocycles. The first-order valence-electron chi connectivity index (χ1n) is 7.99. The van der Waals surface area contributed by atoms with E-state index in [-0.39, 0.29) is 16.8 Å². The zero-order chi connectivity index (χ0) is 17.6. The average molecular weight is 357 g/mol. The molecule has 2 aromatic rings. The summed E-state index contributed by atoms with van der Waals surface area (Å²) in [6.45, 7) is 6.57. The third kappa shape index (κ3) is 4.03. The Bertz CT molecular complexity index is 753. The van der Waals surface area contributed by atoms with Gasteiger partial charge in [0.2, 0.25) is 0 Å². The second-order valence-electron chi connectivity index (χ2n) is 5.50. The molecule has 25 heavy (non-hydrogen) atoms. The molecule has 1 aliphatic heterocycles. The maximum atomic E-state index is 12.6. The van der Waals surface area contributed by atoms with Crippen molar-refractivity contribution in [3.05, 3.63) is 53.1 Å². The van der Waals surface area contributed by atoms with Crippen LogP contribution < -0.4 is 10.2 Å². The predicted octanol–water partition coefficient (Wildman–Crippen LogP) is 1.42. The number of amides is 2. The third-order valence-corrected chi connectivity index (χ3v) is 4.71. The van der Waals surface area contributed by atoms with E-state index in [0.29, 0.717) is 25.3 Å². The molecule has 7 nitrogen and oxygen atoms in total. The van der Waals surface area contributed by atoms with Crippen LogP contribution in [0, 0.1) is 0 Å². The molecular weight excluding hydrogens is 338 g/mol. The number of piperazine rings is 1. The zero-order valence-corrected chi connectivity index (χ0v) is 14.5. The number of carbonyl (C=O) groups is 2. The van der Waals surface area contributed by atoms with Gasteiger partial charge in [-0.25, -0.2) is 9.97 Å². The smallest absolute Gasteiger partial charge is 0.280 e. The second kappa shape index (κ2) is 7.89. The van der Waals surface area contributed by atoms with Gasteiger partial charge in [-0.3, -0.25) is 9.59 Å². The monoisotopic (exact) mass is 357 g/mol. The standard InChI is InChI=1S/C17H19N5O2S/c1-2-6-19-15(23)16-20-13(12-25-16)17(24)22-10-8-21(9-11-22)14-5-3-4-7-18-14/h2-5,7,12H,1,6,8-11H2,(H,19,23). The molecule has 0 saturated carbocycles. The van der Waals surface area contributed by atoms with Gasteiger partial charge >= 0.3 is 0 Å². The van der Waals surface area contributed by atoms with E-state index in [1.807, 2.05) is 18.2 Å². The lowest BCUT2D eigenvalue weighted by Gasteiger charge is -2.35. The lowest BCUT2D eigenvalue weighted by Crippen LogP contribution is -2.49. The van der Waals surface area contributed by atoms with E-state index in [0.717, 1.165) is 18.9 Å². The number of aromatic nitrogens is 2. The first-order valence-corrected chi connectivity index (χ1v) is 8.87. The molecule has 0 unspecified atom stereocenters. The lowest BCUT2D eigenvalue weighted by molar-refractivity contribution is 0.0741. The number of thiazole rings is 1. The number of pyridine rings is 1. The molecule has 1 aliphatic rings. The van der Waals surface area contributed by atoms with E-state index in [1.54, 1.807) is 22.6 Å². The van der Waals surface area contributed by atoms with Crippen molar-refractivity contribution in [3.8, 4) is 0 Å². The molecule has 1 saturated heterocycles. The van der Waals surface area contributed by atoms with Crippen LogP contribution in [-0.4, -0.2) is 59.4 Å². The van der Waals surface area contributed by atoms with E-state index in [2.05, 4.69) is 26.8 Å². The van der Waals surface area contributed by atoms with Crippen molar-refractivity contribution in [1.82, 2.24) is 20.2 Å². The Labute approximate surface area is 150 Å². The summed E-state index contributed by atoms with van der Waals surface area (Å²) in [6, 6.07) is 5.80. The fraction of sp³-hybridized carbons (Fsp3) is 0.294. The van der Waals surface area contributed by atoms with Crippen LogP contribution >= 0.6 is 11.3 Å². The highest BCUT2D eigenvalue weighted by Crippen LogP contribution is 2.16. The van der Waals surface area contributed by atoms with Crippen molar-refractivity contribution in [2.24, 2.45) is 0 Å². The molecule has 0 radical (unpaired) electrons. The van der Waals surface area contributed by atoms with E-state index >= 15 is 0 Å². The number of anilines is 1. The van der Waals surface area contributed by atoms with Gasteiger partial charge in [0.25, 0.3) is 11.8 Å². The van der Waals surface area contributed by atoms with Crippen molar-refractivity contribution >= 4 is 29.0 Å². The Balaban J connectivity index is 1.58. The fourth-order valence-corrected chi connectivity index (χ4v) is 3.27. The average Bonchev–Trinajstić information content (AvgIpc) is 3.16. The molecule has 1 fully saturated rings. The summed E-state index contributed by atoms with van der Waals surface area (Å²) >= 11 is 1.17. The van der Waals surface area contributed by atoms with E-state index in [9.17, 15) is 9.59 Å². The third-order valence-electron chi connectivity index (χ3n) is 3.86. The Morgan fingerprint density at radius 1 is 1.28 bits per heavy atom. The fourth-order valence-electron chi connectivity index (χ4n) is 2.56. The van der Waals surface area contributed by atoms with Gasteiger partial charge in [-0.1, -0.05) is 12.1 Å². The van der Waals surface area contributed by atoms with Gasteiger partial charge in [-0.2, -0.15) is 0 Å². The minimum Gasteiger partial charge on any atom is -0.353 e. The summed E-state index contributed by atoms with van der Waals surface area (Å²) in [7, 11) is 0. The number of nitrogens with zero attached hydrogens (tertiary/aromatic N) is 4. The van der Waals surface area contributed by atoms with Crippen LogP contribution in [0.1, 0.15) is 20.3 Å². The Morgan fingerprint density at radius 3 is 2.76 bits per heavy atom. The van der Waals surface area contributed by atoms with Crippen LogP contribution in [-0.2, 0) is 0 Å². The molecule has 3 heterocycles. The zero-order valence-electron chi connectivity index (χ0n) is 13.7. The number of hydrogen-bond donors (Lipinski definition) is 1. The first-order chi connectivity index (χ1) is 12.2. The summed E-state index contributed by atoms with van der Waals surface area (Å²) in [5, 5.41) is 4.58. The molecule has 3 rings (SSSR count).